The highest BCUT2D eigenvalue weighted by Crippen LogP contribution is 2.22. The first-order chi connectivity index (χ1) is 10.0. The number of hydrogen-bond donors (Lipinski definition) is 2. The summed E-state index contributed by atoms with van der Waals surface area (Å²) >= 11 is 0. The summed E-state index contributed by atoms with van der Waals surface area (Å²) in [6.07, 6.45) is 5.30. The van der Waals surface area contributed by atoms with E-state index < -0.39 is 11.9 Å². The fraction of sp³-hybridized carbons (Fsp3) is 0.529. The Bertz CT molecular complexity index is 540. The topological polar surface area (TPSA) is 72.2 Å². The molecule has 0 fully saturated rings. The van der Waals surface area contributed by atoms with Gasteiger partial charge in [-0.25, -0.2) is 0 Å². The van der Waals surface area contributed by atoms with Gasteiger partial charge in [0, 0.05) is 5.56 Å². The first kappa shape index (κ1) is 15.5. The molecule has 0 radical (unpaired) electrons. The molecule has 114 valence electrons. The Morgan fingerprint density at radius 3 is 2.52 bits per heavy atom. The van der Waals surface area contributed by atoms with Gasteiger partial charge in [-0.3, -0.25) is 9.59 Å². The van der Waals surface area contributed by atoms with Crippen LogP contribution < -0.4 is 11.1 Å². The van der Waals surface area contributed by atoms with Crippen LogP contribution in [0, 0.1) is 5.92 Å². The lowest BCUT2D eigenvalue weighted by Crippen LogP contribution is -2.48. The minimum Gasteiger partial charge on any atom is -0.368 e. The first-order valence-corrected chi connectivity index (χ1v) is 7.75. The Kier molecular flexibility index (Phi) is 4.99. The molecule has 4 nitrogen and oxygen atoms in total. The highest BCUT2D eigenvalue weighted by molar-refractivity contribution is 5.97. The fourth-order valence-corrected chi connectivity index (χ4v) is 2.83. The van der Waals surface area contributed by atoms with Crippen molar-refractivity contribution in [2.45, 2.75) is 52.0 Å². The van der Waals surface area contributed by atoms with Gasteiger partial charge in [0.05, 0.1) is 0 Å². The van der Waals surface area contributed by atoms with Gasteiger partial charge in [-0.15, -0.1) is 0 Å². The Balaban J connectivity index is 2.14. The largest absolute Gasteiger partial charge is 0.368 e. The van der Waals surface area contributed by atoms with Crippen molar-refractivity contribution in [2.75, 3.05) is 0 Å². The predicted octanol–water partition coefficient (Wildman–Crippen LogP) is 2.20. The van der Waals surface area contributed by atoms with Crippen molar-refractivity contribution in [3.8, 4) is 0 Å². The van der Waals surface area contributed by atoms with Crippen LogP contribution in [0.25, 0.3) is 0 Å². The van der Waals surface area contributed by atoms with Gasteiger partial charge in [0.1, 0.15) is 6.04 Å². The smallest absolute Gasteiger partial charge is 0.251 e. The van der Waals surface area contributed by atoms with Crippen LogP contribution in [-0.4, -0.2) is 17.9 Å². The Hall–Kier alpha value is -1.84. The molecular formula is C17H24N2O2. The van der Waals surface area contributed by atoms with E-state index in [-0.39, 0.29) is 11.8 Å². The summed E-state index contributed by atoms with van der Waals surface area (Å²) in [6, 6.07) is 5.22. The van der Waals surface area contributed by atoms with Crippen LogP contribution in [0.3, 0.4) is 0 Å². The second-order valence-corrected chi connectivity index (χ2v) is 5.93. The summed E-state index contributed by atoms with van der Waals surface area (Å²) in [4.78, 5) is 23.9. The number of carbonyl (C=O) groups is 2. The first-order valence-electron chi connectivity index (χ1n) is 7.75. The third kappa shape index (κ3) is 3.63. The number of primary amides is 1. The van der Waals surface area contributed by atoms with Crippen molar-refractivity contribution in [3.05, 3.63) is 34.9 Å². The molecule has 21 heavy (non-hydrogen) atoms. The molecule has 0 saturated heterocycles. The molecule has 0 heterocycles. The van der Waals surface area contributed by atoms with Crippen molar-refractivity contribution in [2.24, 2.45) is 11.7 Å². The second kappa shape index (κ2) is 6.74. The van der Waals surface area contributed by atoms with E-state index in [2.05, 4.69) is 5.32 Å². The summed E-state index contributed by atoms with van der Waals surface area (Å²) in [5.74, 6) is -0.660. The van der Waals surface area contributed by atoms with Crippen LogP contribution in [-0.2, 0) is 17.6 Å². The molecule has 2 amide bonds. The average Bonchev–Trinajstić information content (AvgIpc) is 2.50. The van der Waals surface area contributed by atoms with Crippen LogP contribution >= 0.6 is 0 Å². The summed E-state index contributed by atoms with van der Waals surface area (Å²) < 4.78 is 0. The maximum atomic E-state index is 12.3. The summed E-state index contributed by atoms with van der Waals surface area (Å²) in [5.41, 5.74) is 8.61. The zero-order valence-electron chi connectivity index (χ0n) is 12.8. The maximum absolute atomic E-state index is 12.3. The van der Waals surface area contributed by atoms with Crippen molar-refractivity contribution in [1.29, 1.82) is 0 Å². The monoisotopic (exact) mass is 288 g/mol. The number of carbonyl (C=O) groups excluding carboxylic acids is 2. The Morgan fingerprint density at radius 2 is 1.90 bits per heavy atom. The SMILES string of the molecule is CCC(C)C(NC(=O)c1ccc2c(c1)CCCC2)C(N)=O. The molecule has 3 N–H and O–H groups in total. The van der Waals surface area contributed by atoms with Crippen LogP contribution in [0.4, 0.5) is 0 Å². The van der Waals surface area contributed by atoms with E-state index in [0.717, 1.165) is 19.3 Å². The van der Waals surface area contributed by atoms with Gasteiger partial charge in [0.15, 0.2) is 0 Å². The molecule has 1 aliphatic carbocycles. The van der Waals surface area contributed by atoms with Gasteiger partial charge in [-0.1, -0.05) is 26.3 Å². The van der Waals surface area contributed by atoms with Gasteiger partial charge in [-0.2, -0.15) is 0 Å². The third-order valence-electron chi connectivity index (χ3n) is 4.42. The molecule has 2 atom stereocenters. The van der Waals surface area contributed by atoms with Gasteiger partial charge >= 0.3 is 0 Å². The van der Waals surface area contributed by atoms with Crippen LogP contribution in [0.15, 0.2) is 18.2 Å². The van der Waals surface area contributed by atoms with Crippen molar-refractivity contribution in [1.82, 2.24) is 5.32 Å². The molecule has 1 aromatic carbocycles. The van der Waals surface area contributed by atoms with Crippen LogP contribution in [0.2, 0.25) is 0 Å². The molecule has 0 aliphatic heterocycles. The number of benzene rings is 1. The number of nitrogens with one attached hydrogen (secondary N) is 1. The van der Waals surface area contributed by atoms with E-state index in [1.807, 2.05) is 32.0 Å². The van der Waals surface area contributed by atoms with Crippen molar-refractivity contribution in [3.63, 3.8) is 0 Å². The van der Waals surface area contributed by atoms with Crippen LogP contribution in [0.5, 0.6) is 0 Å². The Labute approximate surface area is 126 Å². The number of amides is 2. The highest BCUT2D eigenvalue weighted by Gasteiger charge is 2.24. The summed E-state index contributed by atoms with van der Waals surface area (Å²) in [6.45, 7) is 3.90. The van der Waals surface area contributed by atoms with E-state index in [0.29, 0.717) is 5.56 Å². The molecule has 0 saturated carbocycles. The number of rotatable bonds is 5. The minimum atomic E-state index is -0.612. The van der Waals surface area contributed by atoms with Gasteiger partial charge in [-0.05, 0) is 54.9 Å². The normalized spacial score (nSPS) is 16.7. The van der Waals surface area contributed by atoms with Crippen LogP contribution in [0.1, 0.15) is 54.6 Å². The molecular weight excluding hydrogens is 264 g/mol. The van der Waals surface area contributed by atoms with Crippen molar-refractivity contribution >= 4 is 11.8 Å². The average molecular weight is 288 g/mol. The molecule has 4 heteroatoms. The van der Waals surface area contributed by atoms with Gasteiger partial charge in [0.25, 0.3) is 5.91 Å². The number of nitrogens with two attached hydrogens (primary N) is 1. The molecule has 2 rings (SSSR count). The van der Waals surface area contributed by atoms with E-state index in [1.54, 1.807) is 0 Å². The Morgan fingerprint density at radius 1 is 1.24 bits per heavy atom. The molecule has 0 bridgehead atoms. The summed E-state index contributed by atoms with van der Waals surface area (Å²) in [5, 5.41) is 2.78. The third-order valence-corrected chi connectivity index (χ3v) is 4.42. The zero-order chi connectivity index (χ0) is 15.4. The number of fused-ring (bicyclic) bond motifs is 1. The number of hydrogen-bond acceptors (Lipinski definition) is 2. The van der Waals surface area contributed by atoms with Crippen molar-refractivity contribution < 1.29 is 9.59 Å². The lowest BCUT2D eigenvalue weighted by molar-refractivity contribution is -0.120. The lowest BCUT2D eigenvalue weighted by Gasteiger charge is -2.22. The van der Waals surface area contributed by atoms with E-state index >= 15 is 0 Å². The minimum absolute atomic E-state index is 0.0316. The predicted molar refractivity (Wildman–Crippen MR) is 83.0 cm³/mol. The fourth-order valence-electron chi connectivity index (χ4n) is 2.83. The quantitative estimate of drug-likeness (QED) is 0.871. The highest BCUT2D eigenvalue weighted by atomic mass is 16.2. The summed E-state index contributed by atoms with van der Waals surface area (Å²) in [7, 11) is 0. The van der Waals surface area contributed by atoms with Gasteiger partial charge in [0.2, 0.25) is 5.91 Å². The maximum Gasteiger partial charge on any atom is 0.251 e. The molecule has 1 aromatic rings. The second-order valence-electron chi connectivity index (χ2n) is 5.93. The van der Waals surface area contributed by atoms with E-state index in [9.17, 15) is 9.59 Å². The molecule has 1 aliphatic rings. The van der Waals surface area contributed by atoms with E-state index in [1.165, 1.54) is 24.0 Å². The molecule has 2 unspecified atom stereocenters. The van der Waals surface area contributed by atoms with Gasteiger partial charge < -0.3 is 11.1 Å². The lowest BCUT2D eigenvalue weighted by atomic mass is 9.90. The standard InChI is InChI=1S/C17H24N2O2/c1-3-11(2)15(16(18)20)19-17(21)14-9-8-12-6-4-5-7-13(12)10-14/h8-11,15H,3-7H2,1-2H3,(H2,18,20)(H,19,21). The van der Waals surface area contributed by atoms with E-state index in [4.69, 9.17) is 5.73 Å². The number of aryl methyl sites for hydroxylation is 2. The molecule has 0 aromatic heterocycles. The molecule has 0 spiro atoms. The zero-order valence-corrected chi connectivity index (χ0v) is 12.8.